The van der Waals surface area contributed by atoms with Crippen LogP contribution in [0.15, 0.2) is 6.33 Å². The molecule has 0 saturated carbocycles. The van der Waals surface area contributed by atoms with E-state index in [1.165, 1.54) is 6.33 Å². The molecule has 1 aliphatic rings. The lowest BCUT2D eigenvalue weighted by Gasteiger charge is -2.28. The van der Waals surface area contributed by atoms with E-state index >= 15 is 0 Å². The van der Waals surface area contributed by atoms with Gasteiger partial charge < -0.3 is 4.90 Å². The van der Waals surface area contributed by atoms with Crippen LogP contribution in [-0.4, -0.2) is 34.4 Å². The van der Waals surface area contributed by atoms with Crippen LogP contribution in [0.1, 0.15) is 42.5 Å². The van der Waals surface area contributed by atoms with Crippen LogP contribution in [0.2, 0.25) is 0 Å². The smallest absolute Gasteiger partial charge is 0.272 e. The zero-order valence-electron chi connectivity index (χ0n) is 10.2. The van der Waals surface area contributed by atoms with Gasteiger partial charge >= 0.3 is 0 Å². The van der Waals surface area contributed by atoms with Crippen LogP contribution in [0, 0.1) is 0 Å². The Labute approximate surface area is 95.7 Å². The van der Waals surface area contributed by atoms with Crippen LogP contribution in [0.25, 0.3) is 0 Å². The Bertz CT molecular complexity index is 434. The molecule has 86 valence electrons. The third kappa shape index (κ3) is 1.68. The molecule has 2 rings (SSSR count). The average molecular weight is 219 g/mol. The zero-order valence-corrected chi connectivity index (χ0v) is 10.2. The molecular weight excluding hydrogens is 202 g/mol. The lowest BCUT2D eigenvalue weighted by Crippen LogP contribution is -2.37. The Morgan fingerprint density at radius 1 is 1.31 bits per heavy atom. The van der Waals surface area contributed by atoms with Crippen LogP contribution in [0.4, 0.5) is 0 Å². The van der Waals surface area contributed by atoms with Gasteiger partial charge in [0.05, 0.1) is 5.69 Å². The van der Waals surface area contributed by atoms with Crippen LogP contribution in [0.3, 0.4) is 0 Å². The van der Waals surface area contributed by atoms with Gasteiger partial charge in [0.2, 0.25) is 0 Å². The summed E-state index contributed by atoms with van der Waals surface area (Å²) in [5.41, 5.74) is 2.56. The third-order valence-corrected chi connectivity index (χ3v) is 2.90. The fourth-order valence-corrected chi connectivity index (χ4v) is 2.04. The van der Waals surface area contributed by atoms with E-state index in [-0.39, 0.29) is 11.3 Å². The van der Waals surface area contributed by atoms with Crippen molar-refractivity contribution in [3.63, 3.8) is 0 Å². The SMILES string of the molecule is CN1CCc2c(ncnc2C(C)(C)C)C1=O. The molecule has 0 aliphatic carbocycles. The van der Waals surface area contributed by atoms with Gasteiger partial charge in [-0.15, -0.1) is 0 Å². The predicted octanol–water partition coefficient (Wildman–Crippen LogP) is 1.40. The largest absolute Gasteiger partial charge is 0.340 e. The van der Waals surface area contributed by atoms with Crippen molar-refractivity contribution in [2.75, 3.05) is 13.6 Å². The number of carbonyl (C=O) groups is 1. The molecule has 0 saturated heterocycles. The quantitative estimate of drug-likeness (QED) is 0.662. The molecule has 1 aromatic heterocycles. The first kappa shape index (κ1) is 11.0. The Balaban J connectivity index is 2.58. The van der Waals surface area contributed by atoms with Crippen LogP contribution in [0.5, 0.6) is 0 Å². The second-order valence-electron chi connectivity index (χ2n) is 5.28. The molecule has 16 heavy (non-hydrogen) atoms. The lowest BCUT2D eigenvalue weighted by atomic mass is 9.86. The van der Waals surface area contributed by atoms with Crippen molar-refractivity contribution in [2.45, 2.75) is 32.6 Å². The number of fused-ring (bicyclic) bond motifs is 1. The fourth-order valence-electron chi connectivity index (χ4n) is 2.04. The van der Waals surface area contributed by atoms with E-state index in [0.29, 0.717) is 5.69 Å². The third-order valence-electron chi connectivity index (χ3n) is 2.90. The molecule has 0 radical (unpaired) electrons. The molecule has 0 N–H and O–H groups in total. The molecular formula is C12H17N3O. The number of hydrogen-bond acceptors (Lipinski definition) is 3. The Morgan fingerprint density at radius 2 is 2.00 bits per heavy atom. The van der Waals surface area contributed by atoms with E-state index in [2.05, 4.69) is 30.7 Å². The fraction of sp³-hybridized carbons (Fsp3) is 0.583. The van der Waals surface area contributed by atoms with E-state index in [9.17, 15) is 4.79 Å². The first-order chi connectivity index (χ1) is 7.41. The molecule has 0 bridgehead atoms. The van der Waals surface area contributed by atoms with Gasteiger partial charge in [0.15, 0.2) is 0 Å². The maximum atomic E-state index is 11.9. The summed E-state index contributed by atoms with van der Waals surface area (Å²) in [5.74, 6) is 0.00847. The van der Waals surface area contributed by atoms with E-state index < -0.39 is 0 Å². The van der Waals surface area contributed by atoms with Gasteiger partial charge in [-0.25, -0.2) is 9.97 Å². The summed E-state index contributed by atoms with van der Waals surface area (Å²) in [6, 6.07) is 0. The van der Waals surface area contributed by atoms with Gasteiger partial charge in [-0.05, 0) is 6.42 Å². The molecule has 0 aromatic carbocycles. The zero-order chi connectivity index (χ0) is 11.9. The first-order valence-electron chi connectivity index (χ1n) is 5.51. The standard InChI is InChI=1S/C12H17N3O/c1-12(2,3)10-8-5-6-15(4)11(16)9(8)13-7-14-10/h7H,5-6H2,1-4H3. The highest BCUT2D eigenvalue weighted by atomic mass is 16.2. The number of rotatable bonds is 0. The average Bonchev–Trinajstić information content (AvgIpc) is 2.21. The molecule has 4 heteroatoms. The van der Waals surface area contributed by atoms with Gasteiger partial charge in [-0.1, -0.05) is 20.8 Å². The number of aromatic nitrogens is 2. The normalized spacial score (nSPS) is 16.2. The summed E-state index contributed by atoms with van der Waals surface area (Å²) in [6.45, 7) is 7.08. The summed E-state index contributed by atoms with van der Waals surface area (Å²) in [6.07, 6.45) is 2.35. The molecule has 4 nitrogen and oxygen atoms in total. The van der Waals surface area contributed by atoms with Crippen LogP contribution in [-0.2, 0) is 11.8 Å². The van der Waals surface area contributed by atoms with E-state index in [1.54, 1.807) is 4.90 Å². The molecule has 1 amide bonds. The highest BCUT2D eigenvalue weighted by molar-refractivity contribution is 5.94. The van der Waals surface area contributed by atoms with Crippen molar-refractivity contribution < 1.29 is 4.79 Å². The highest BCUT2D eigenvalue weighted by Crippen LogP contribution is 2.27. The minimum atomic E-state index is -0.0385. The van der Waals surface area contributed by atoms with Crippen molar-refractivity contribution in [1.82, 2.24) is 14.9 Å². The lowest BCUT2D eigenvalue weighted by molar-refractivity contribution is 0.0773. The topological polar surface area (TPSA) is 46.1 Å². The Hall–Kier alpha value is -1.45. The summed E-state index contributed by atoms with van der Waals surface area (Å²) >= 11 is 0. The van der Waals surface area contributed by atoms with Crippen LogP contribution < -0.4 is 0 Å². The minimum absolute atomic E-state index is 0.00847. The van der Waals surface area contributed by atoms with Crippen LogP contribution >= 0.6 is 0 Å². The van der Waals surface area contributed by atoms with E-state index in [1.807, 2.05) is 7.05 Å². The first-order valence-corrected chi connectivity index (χ1v) is 5.51. The number of likely N-dealkylation sites (N-methyl/N-ethyl adjacent to an activating group) is 1. The number of carbonyl (C=O) groups excluding carboxylic acids is 1. The second-order valence-corrected chi connectivity index (χ2v) is 5.28. The minimum Gasteiger partial charge on any atom is -0.340 e. The second kappa shape index (κ2) is 3.54. The molecule has 2 heterocycles. The van der Waals surface area contributed by atoms with E-state index in [0.717, 1.165) is 24.2 Å². The number of hydrogen-bond donors (Lipinski definition) is 0. The van der Waals surface area contributed by atoms with Crippen molar-refractivity contribution in [3.8, 4) is 0 Å². The number of nitrogens with zero attached hydrogens (tertiary/aromatic N) is 3. The predicted molar refractivity (Wildman–Crippen MR) is 61.4 cm³/mol. The Kier molecular flexibility index (Phi) is 2.45. The monoisotopic (exact) mass is 219 g/mol. The molecule has 0 fully saturated rings. The van der Waals surface area contributed by atoms with Gasteiger partial charge in [-0.3, -0.25) is 4.79 Å². The van der Waals surface area contributed by atoms with Crippen molar-refractivity contribution in [2.24, 2.45) is 0 Å². The molecule has 0 spiro atoms. The Morgan fingerprint density at radius 3 is 2.62 bits per heavy atom. The highest BCUT2D eigenvalue weighted by Gasteiger charge is 2.29. The van der Waals surface area contributed by atoms with Gasteiger partial charge in [0.1, 0.15) is 12.0 Å². The summed E-state index contributed by atoms with van der Waals surface area (Å²) in [4.78, 5) is 22.1. The molecule has 0 atom stereocenters. The number of amides is 1. The maximum Gasteiger partial charge on any atom is 0.272 e. The molecule has 1 aromatic rings. The van der Waals surface area contributed by atoms with Gasteiger partial charge in [0.25, 0.3) is 5.91 Å². The molecule has 0 unspecified atom stereocenters. The van der Waals surface area contributed by atoms with Crippen molar-refractivity contribution in [1.29, 1.82) is 0 Å². The van der Waals surface area contributed by atoms with E-state index in [4.69, 9.17) is 0 Å². The molecule has 1 aliphatic heterocycles. The van der Waals surface area contributed by atoms with Crippen molar-refractivity contribution >= 4 is 5.91 Å². The summed E-state index contributed by atoms with van der Waals surface area (Å²) < 4.78 is 0. The van der Waals surface area contributed by atoms with Gasteiger partial charge in [-0.2, -0.15) is 0 Å². The summed E-state index contributed by atoms with van der Waals surface area (Å²) in [5, 5.41) is 0. The summed E-state index contributed by atoms with van der Waals surface area (Å²) in [7, 11) is 1.81. The van der Waals surface area contributed by atoms with Gasteiger partial charge in [0, 0.05) is 24.6 Å². The van der Waals surface area contributed by atoms with Crippen molar-refractivity contribution in [3.05, 3.63) is 23.3 Å². The maximum absolute atomic E-state index is 11.9.